The van der Waals surface area contributed by atoms with Crippen LogP contribution in [0.1, 0.15) is 17.5 Å². The van der Waals surface area contributed by atoms with Crippen molar-refractivity contribution in [2.45, 2.75) is 25.2 Å². The van der Waals surface area contributed by atoms with Gasteiger partial charge in [0.1, 0.15) is 5.75 Å². The van der Waals surface area contributed by atoms with E-state index in [0.29, 0.717) is 34.9 Å². The van der Waals surface area contributed by atoms with Crippen LogP contribution in [0, 0.1) is 13.8 Å². The molecule has 0 aromatic heterocycles. The molecule has 18 heavy (non-hydrogen) atoms. The molecule has 0 amide bonds. The van der Waals surface area contributed by atoms with Gasteiger partial charge in [-0.3, -0.25) is 0 Å². The second kappa shape index (κ2) is 6.17. The highest BCUT2D eigenvalue weighted by Gasteiger charge is 2.18. The Morgan fingerprint density at radius 1 is 1.28 bits per heavy atom. The van der Waals surface area contributed by atoms with Crippen molar-refractivity contribution in [2.75, 3.05) is 20.2 Å². The Kier molecular flexibility index (Phi) is 5.13. The highest BCUT2D eigenvalue weighted by atomic mass is 32.2. The van der Waals surface area contributed by atoms with Crippen LogP contribution in [0.2, 0.25) is 0 Å². The van der Waals surface area contributed by atoms with Gasteiger partial charge in [-0.05, 0) is 57.1 Å². The average Bonchev–Trinajstić information content (AvgIpc) is 2.28. The molecule has 0 atom stereocenters. The van der Waals surface area contributed by atoms with Crippen LogP contribution in [-0.4, -0.2) is 28.6 Å². The summed E-state index contributed by atoms with van der Waals surface area (Å²) in [5, 5.41) is 0. The largest absolute Gasteiger partial charge is 0.494 e. The van der Waals surface area contributed by atoms with Gasteiger partial charge in [0.05, 0.1) is 11.5 Å². The minimum atomic E-state index is -3.43. The summed E-state index contributed by atoms with van der Waals surface area (Å²) >= 11 is 0. The van der Waals surface area contributed by atoms with Crippen LogP contribution in [0.25, 0.3) is 0 Å². The molecule has 1 aromatic carbocycles. The first-order valence-electron chi connectivity index (χ1n) is 5.80. The Bertz CT molecular complexity index is 489. The fourth-order valence-corrected chi connectivity index (χ4v) is 2.96. The van der Waals surface area contributed by atoms with E-state index in [-0.39, 0.29) is 0 Å². The molecule has 102 valence electrons. The standard InChI is InChI=1S/C12H20N2O3S/c1-9-7-11(17-6-4-5-13)8-10(2)12(9)18(15,16)14-3/h7-8,14H,4-6,13H2,1-3H3. The average molecular weight is 272 g/mol. The normalized spacial score (nSPS) is 11.6. The maximum Gasteiger partial charge on any atom is 0.240 e. The molecule has 3 N–H and O–H groups in total. The Balaban J connectivity index is 3.06. The van der Waals surface area contributed by atoms with Gasteiger partial charge in [0.2, 0.25) is 10.0 Å². The van der Waals surface area contributed by atoms with E-state index in [0.717, 1.165) is 6.42 Å². The summed E-state index contributed by atoms with van der Waals surface area (Å²) in [7, 11) is -2.02. The molecule has 1 rings (SSSR count). The number of nitrogens with one attached hydrogen (secondary N) is 1. The predicted molar refractivity (Wildman–Crippen MR) is 71.3 cm³/mol. The first-order chi connectivity index (χ1) is 8.42. The number of benzene rings is 1. The van der Waals surface area contributed by atoms with Crippen LogP contribution < -0.4 is 15.2 Å². The molecule has 0 heterocycles. The van der Waals surface area contributed by atoms with E-state index >= 15 is 0 Å². The number of hydrogen-bond donors (Lipinski definition) is 2. The Morgan fingerprint density at radius 2 is 1.83 bits per heavy atom. The van der Waals surface area contributed by atoms with Crippen LogP contribution in [0.15, 0.2) is 17.0 Å². The van der Waals surface area contributed by atoms with E-state index in [1.807, 2.05) is 0 Å². The van der Waals surface area contributed by atoms with Crippen LogP contribution in [0.4, 0.5) is 0 Å². The summed E-state index contributed by atoms with van der Waals surface area (Å²) in [6.07, 6.45) is 0.772. The summed E-state index contributed by atoms with van der Waals surface area (Å²) in [5.41, 5.74) is 6.73. The number of ether oxygens (including phenoxy) is 1. The lowest BCUT2D eigenvalue weighted by Crippen LogP contribution is -2.20. The molecule has 0 saturated heterocycles. The Morgan fingerprint density at radius 3 is 2.28 bits per heavy atom. The molecule has 0 aliphatic heterocycles. The van der Waals surface area contributed by atoms with Gasteiger partial charge in [-0.15, -0.1) is 0 Å². The molecule has 0 fully saturated rings. The molecule has 0 bridgehead atoms. The van der Waals surface area contributed by atoms with Crippen molar-refractivity contribution in [3.63, 3.8) is 0 Å². The number of rotatable bonds is 6. The molecule has 6 heteroatoms. The Hall–Kier alpha value is -1.11. The third-order valence-electron chi connectivity index (χ3n) is 2.59. The van der Waals surface area contributed by atoms with Gasteiger partial charge in [-0.2, -0.15) is 0 Å². The van der Waals surface area contributed by atoms with Gasteiger partial charge in [-0.25, -0.2) is 13.1 Å². The molecule has 0 spiro atoms. The van der Waals surface area contributed by atoms with Gasteiger partial charge in [0, 0.05) is 0 Å². The smallest absolute Gasteiger partial charge is 0.240 e. The first-order valence-corrected chi connectivity index (χ1v) is 7.28. The van der Waals surface area contributed by atoms with Crippen molar-refractivity contribution >= 4 is 10.0 Å². The Labute approximate surface area is 108 Å². The third kappa shape index (κ3) is 3.44. The summed E-state index contributed by atoms with van der Waals surface area (Å²) < 4.78 is 31.5. The minimum absolute atomic E-state index is 0.316. The van der Waals surface area contributed by atoms with Crippen LogP contribution in [0.3, 0.4) is 0 Å². The van der Waals surface area contributed by atoms with E-state index in [1.165, 1.54) is 7.05 Å². The fourth-order valence-electron chi connectivity index (χ4n) is 1.79. The van der Waals surface area contributed by atoms with Crippen LogP contribution in [-0.2, 0) is 10.0 Å². The fraction of sp³-hybridized carbons (Fsp3) is 0.500. The number of aryl methyl sites for hydroxylation is 2. The molecular formula is C12H20N2O3S. The zero-order chi connectivity index (χ0) is 13.8. The maximum absolute atomic E-state index is 11.8. The molecule has 1 aromatic rings. The van der Waals surface area contributed by atoms with Gasteiger partial charge < -0.3 is 10.5 Å². The summed E-state index contributed by atoms with van der Waals surface area (Å²) in [6, 6.07) is 3.46. The van der Waals surface area contributed by atoms with Gasteiger partial charge >= 0.3 is 0 Å². The second-order valence-electron chi connectivity index (χ2n) is 4.08. The summed E-state index contributed by atoms with van der Waals surface area (Å²) in [5.74, 6) is 0.675. The summed E-state index contributed by atoms with van der Waals surface area (Å²) in [6.45, 7) is 4.62. The maximum atomic E-state index is 11.8. The number of hydrogen-bond acceptors (Lipinski definition) is 4. The SMILES string of the molecule is CNS(=O)(=O)c1c(C)cc(OCCCN)cc1C. The van der Waals surface area contributed by atoms with Crippen molar-refractivity contribution in [1.82, 2.24) is 4.72 Å². The van der Waals surface area contributed by atoms with Crippen molar-refractivity contribution < 1.29 is 13.2 Å². The minimum Gasteiger partial charge on any atom is -0.494 e. The zero-order valence-corrected chi connectivity index (χ0v) is 11.8. The van der Waals surface area contributed by atoms with Crippen LogP contribution >= 0.6 is 0 Å². The van der Waals surface area contributed by atoms with E-state index in [2.05, 4.69) is 4.72 Å². The molecule has 0 aliphatic carbocycles. The molecular weight excluding hydrogens is 252 g/mol. The van der Waals surface area contributed by atoms with Crippen molar-refractivity contribution in [3.05, 3.63) is 23.3 Å². The third-order valence-corrected chi connectivity index (χ3v) is 4.31. The topological polar surface area (TPSA) is 81.4 Å². The first kappa shape index (κ1) is 14.9. The molecule has 0 unspecified atom stereocenters. The van der Waals surface area contributed by atoms with E-state index in [1.54, 1.807) is 26.0 Å². The van der Waals surface area contributed by atoms with Gasteiger partial charge in [0.15, 0.2) is 0 Å². The second-order valence-corrected chi connectivity index (χ2v) is 5.91. The lowest BCUT2D eigenvalue weighted by atomic mass is 10.1. The zero-order valence-electron chi connectivity index (χ0n) is 11.0. The van der Waals surface area contributed by atoms with Crippen molar-refractivity contribution in [2.24, 2.45) is 5.73 Å². The predicted octanol–water partition coefficient (Wildman–Crippen LogP) is 0.939. The molecule has 0 aliphatic rings. The molecule has 0 radical (unpaired) electrons. The highest BCUT2D eigenvalue weighted by Crippen LogP contribution is 2.25. The van der Waals surface area contributed by atoms with Gasteiger partial charge in [-0.1, -0.05) is 0 Å². The van der Waals surface area contributed by atoms with Crippen molar-refractivity contribution in [3.8, 4) is 5.75 Å². The number of nitrogens with two attached hydrogens (primary N) is 1. The van der Waals surface area contributed by atoms with E-state index in [9.17, 15) is 8.42 Å². The quantitative estimate of drug-likeness (QED) is 0.755. The molecule has 5 nitrogen and oxygen atoms in total. The lowest BCUT2D eigenvalue weighted by Gasteiger charge is -2.13. The van der Waals surface area contributed by atoms with E-state index in [4.69, 9.17) is 10.5 Å². The number of sulfonamides is 1. The van der Waals surface area contributed by atoms with Gasteiger partial charge in [0.25, 0.3) is 0 Å². The van der Waals surface area contributed by atoms with Crippen LogP contribution in [0.5, 0.6) is 5.75 Å². The lowest BCUT2D eigenvalue weighted by molar-refractivity contribution is 0.313. The summed E-state index contributed by atoms with van der Waals surface area (Å²) in [4.78, 5) is 0.316. The monoisotopic (exact) mass is 272 g/mol. The van der Waals surface area contributed by atoms with E-state index < -0.39 is 10.0 Å². The van der Waals surface area contributed by atoms with Crippen molar-refractivity contribution in [1.29, 1.82) is 0 Å². The molecule has 0 saturated carbocycles. The highest BCUT2D eigenvalue weighted by molar-refractivity contribution is 7.89.